The number of carbonyl (C=O) groups is 1. The second-order valence-electron chi connectivity index (χ2n) is 4.15. The van der Waals surface area contributed by atoms with Gasteiger partial charge in [0, 0.05) is 24.7 Å². The van der Waals surface area contributed by atoms with Crippen molar-refractivity contribution in [3.05, 3.63) is 34.6 Å². The first-order chi connectivity index (χ1) is 8.11. The summed E-state index contributed by atoms with van der Waals surface area (Å²) in [4.78, 5) is 13.8. The van der Waals surface area contributed by atoms with Crippen molar-refractivity contribution in [2.45, 2.75) is 12.5 Å². The van der Waals surface area contributed by atoms with E-state index >= 15 is 0 Å². The van der Waals surface area contributed by atoms with Crippen LogP contribution in [0.4, 0.5) is 4.39 Å². The molecule has 2 rings (SSSR count). The van der Waals surface area contributed by atoms with Crippen molar-refractivity contribution in [2.75, 3.05) is 20.1 Å². The molecule has 0 spiro atoms. The third kappa shape index (κ3) is 2.58. The van der Waals surface area contributed by atoms with Gasteiger partial charge in [-0.15, -0.1) is 0 Å². The Bertz CT molecular complexity index is 439. The summed E-state index contributed by atoms with van der Waals surface area (Å²) in [6, 6.07) is 4.42. The number of carbonyl (C=O) groups excluding carboxylic acids is 1. The number of hydrogen-bond donors (Lipinski definition) is 1. The molecule has 1 aromatic rings. The van der Waals surface area contributed by atoms with Gasteiger partial charge in [0.1, 0.15) is 5.82 Å². The average Bonchev–Trinajstić information content (AvgIpc) is 2.80. The maximum absolute atomic E-state index is 13.0. The van der Waals surface area contributed by atoms with Crippen LogP contribution in [0.1, 0.15) is 16.8 Å². The van der Waals surface area contributed by atoms with E-state index in [0.717, 1.165) is 13.0 Å². The number of halogens is 2. The van der Waals surface area contributed by atoms with E-state index in [1.807, 2.05) is 7.05 Å². The molecule has 1 unspecified atom stereocenters. The molecule has 0 aliphatic carbocycles. The average molecular weight is 257 g/mol. The minimum absolute atomic E-state index is 0.0137. The molecule has 0 saturated carbocycles. The zero-order valence-electron chi connectivity index (χ0n) is 9.54. The lowest BCUT2D eigenvalue weighted by molar-refractivity contribution is 0.0789. The van der Waals surface area contributed by atoms with E-state index in [9.17, 15) is 9.18 Å². The van der Waals surface area contributed by atoms with E-state index < -0.39 is 5.82 Å². The van der Waals surface area contributed by atoms with Gasteiger partial charge in [-0.3, -0.25) is 4.79 Å². The van der Waals surface area contributed by atoms with Crippen LogP contribution in [0, 0.1) is 5.82 Å². The first kappa shape index (κ1) is 12.3. The maximum atomic E-state index is 13.0. The molecule has 1 atom stereocenters. The molecule has 3 nitrogen and oxygen atoms in total. The van der Waals surface area contributed by atoms with E-state index in [1.54, 1.807) is 4.90 Å². The molecule has 0 aromatic heterocycles. The Hall–Kier alpha value is -1.13. The van der Waals surface area contributed by atoms with Crippen molar-refractivity contribution < 1.29 is 9.18 Å². The molecule has 1 N–H and O–H groups in total. The largest absolute Gasteiger partial charge is 0.337 e. The molecule has 92 valence electrons. The molecule has 0 bridgehead atoms. The van der Waals surface area contributed by atoms with Crippen LogP contribution in [-0.2, 0) is 0 Å². The number of likely N-dealkylation sites (N-methyl/N-ethyl adjacent to an activating group) is 1. The van der Waals surface area contributed by atoms with E-state index in [0.29, 0.717) is 18.2 Å². The predicted molar refractivity (Wildman–Crippen MR) is 64.8 cm³/mol. The fourth-order valence-electron chi connectivity index (χ4n) is 1.99. The van der Waals surface area contributed by atoms with Gasteiger partial charge in [0.25, 0.3) is 5.91 Å². The minimum Gasteiger partial charge on any atom is -0.337 e. The summed E-state index contributed by atoms with van der Waals surface area (Å²) >= 11 is 5.66. The SMILES string of the molecule is CNC1CCN(C(=O)c2ccc(F)c(Cl)c2)C1. The second kappa shape index (κ2) is 5.02. The molecule has 1 aliphatic heterocycles. The zero-order chi connectivity index (χ0) is 12.4. The van der Waals surface area contributed by atoms with Crippen LogP contribution < -0.4 is 5.32 Å². The number of hydrogen-bond acceptors (Lipinski definition) is 2. The summed E-state index contributed by atoms with van der Waals surface area (Å²) in [5.41, 5.74) is 0.438. The first-order valence-corrected chi connectivity index (χ1v) is 5.91. The van der Waals surface area contributed by atoms with E-state index in [2.05, 4.69) is 5.32 Å². The van der Waals surface area contributed by atoms with Crippen molar-refractivity contribution in [1.29, 1.82) is 0 Å². The summed E-state index contributed by atoms with van der Waals surface area (Å²) in [6.07, 6.45) is 0.942. The van der Waals surface area contributed by atoms with Crippen LogP contribution in [0.25, 0.3) is 0 Å². The Morgan fingerprint density at radius 3 is 2.94 bits per heavy atom. The minimum atomic E-state index is -0.502. The Labute approximate surface area is 105 Å². The highest BCUT2D eigenvalue weighted by Crippen LogP contribution is 2.19. The lowest BCUT2D eigenvalue weighted by Crippen LogP contribution is -2.33. The van der Waals surface area contributed by atoms with E-state index in [-0.39, 0.29) is 10.9 Å². The Morgan fingerprint density at radius 2 is 2.35 bits per heavy atom. The molecular weight excluding hydrogens is 243 g/mol. The Kier molecular flexibility index (Phi) is 3.64. The van der Waals surface area contributed by atoms with Gasteiger partial charge in [-0.25, -0.2) is 4.39 Å². The third-order valence-corrected chi connectivity index (χ3v) is 3.34. The van der Waals surface area contributed by atoms with Crippen molar-refractivity contribution in [3.8, 4) is 0 Å². The summed E-state index contributed by atoms with van der Waals surface area (Å²) in [7, 11) is 1.88. The highest BCUT2D eigenvalue weighted by Gasteiger charge is 2.26. The lowest BCUT2D eigenvalue weighted by Gasteiger charge is -2.16. The van der Waals surface area contributed by atoms with Crippen molar-refractivity contribution in [3.63, 3.8) is 0 Å². The quantitative estimate of drug-likeness (QED) is 0.877. The van der Waals surface area contributed by atoms with Gasteiger partial charge in [-0.1, -0.05) is 11.6 Å². The van der Waals surface area contributed by atoms with E-state index in [1.165, 1.54) is 18.2 Å². The van der Waals surface area contributed by atoms with Gasteiger partial charge < -0.3 is 10.2 Å². The number of benzene rings is 1. The molecule has 1 aromatic carbocycles. The smallest absolute Gasteiger partial charge is 0.253 e. The fourth-order valence-corrected chi connectivity index (χ4v) is 2.17. The summed E-state index contributed by atoms with van der Waals surface area (Å²) < 4.78 is 13.0. The lowest BCUT2D eigenvalue weighted by atomic mass is 10.2. The molecule has 1 amide bonds. The van der Waals surface area contributed by atoms with Gasteiger partial charge in [0.2, 0.25) is 0 Å². The van der Waals surface area contributed by atoms with Crippen LogP contribution in [0.2, 0.25) is 5.02 Å². The second-order valence-corrected chi connectivity index (χ2v) is 4.56. The number of rotatable bonds is 2. The van der Waals surface area contributed by atoms with Crippen LogP contribution in [0.15, 0.2) is 18.2 Å². The first-order valence-electron chi connectivity index (χ1n) is 5.53. The third-order valence-electron chi connectivity index (χ3n) is 3.05. The molecule has 0 radical (unpaired) electrons. The van der Waals surface area contributed by atoms with Gasteiger partial charge in [0.05, 0.1) is 5.02 Å². The van der Waals surface area contributed by atoms with Crippen LogP contribution >= 0.6 is 11.6 Å². The molecule has 1 fully saturated rings. The number of nitrogens with one attached hydrogen (secondary N) is 1. The monoisotopic (exact) mass is 256 g/mol. The highest BCUT2D eigenvalue weighted by atomic mass is 35.5. The van der Waals surface area contributed by atoms with Crippen LogP contribution in [-0.4, -0.2) is 37.0 Å². The van der Waals surface area contributed by atoms with Crippen LogP contribution in [0.5, 0.6) is 0 Å². The standard InChI is InChI=1S/C12H14ClFN2O/c1-15-9-4-5-16(7-9)12(17)8-2-3-11(14)10(13)6-8/h2-3,6,9,15H,4-5,7H2,1H3. The summed E-state index contributed by atoms with van der Waals surface area (Å²) in [5, 5.41) is 3.13. The van der Waals surface area contributed by atoms with Crippen molar-refractivity contribution >= 4 is 17.5 Å². The van der Waals surface area contributed by atoms with Crippen molar-refractivity contribution in [2.24, 2.45) is 0 Å². The molecule has 1 heterocycles. The van der Waals surface area contributed by atoms with Gasteiger partial charge in [-0.2, -0.15) is 0 Å². The number of nitrogens with zero attached hydrogens (tertiary/aromatic N) is 1. The predicted octanol–water partition coefficient (Wildman–Crippen LogP) is 1.91. The van der Waals surface area contributed by atoms with Gasteiger partial charge in [0.15, 0.2) is 0 Å². The Morgan fingerprint density at radius 1 is 1.59 bits per heavy atom. The van der Waals surface area contributed by atoms with Crippen LogP contribution in [0.3, 0.4) is 0 Å². The van der Waals surface area contributed by atoms with E-state index in [4.69, 9.17) is 11.6 Å². The summed E-state index contributed by atoms with van der Waals surface area (Å²) in [5.74, 6) is -0.595. The molecule has 1 saturated heterocycles. The van der Waals surface area contributed by atoms with Gasteiger partial charge in [-0.05, 0) is 31.7 Å². The topological polar surface area (TPSA) is 32.3 Å². The molecular formula is C12H14ClFN2O. The van der Waals surface area contributed by atoms with Crippen molar-refractivity contribution in [1.82, 2.24) is 10.2 Å². The number of likely N-dealkylation sites (tertiary alicyclic amines) is 1. The fraction of sp³-hybridized carbons (Fsp3) is 0.417. The maximum Gasteiger partial charge on any atom is 0.253 e. The highest BCUT2D eigenvalue weighted by molar-refractivity contribution is 6.31. The normalized spacial score (nSPS) is 19.7. The molecule has 17 heavy (non-hydrogen) atoms. The zero-order valence-corrected chi connectivity index (χ0v) is 10.3. The Balaban J connectivity index is 2.12. The summed E-state index contributed by atoms with van der Waals surface area (Å²) in [6.45, 7) is 1.41. The molecule has 5 heteroatoms. The van der Waals surface area contributed by atoms with Gasteiger partial charge >= 0.3 is 0 Å². The molecule has 1 aliphatic rings. The number of amides is 1.